The second-order valence-electron chi connectivity index (χ2n) is 4.75. The van der Waals surface area contributed by atoms with E-state index in [9.17, 15) is 0 Å². The molecule has 0 spiro atoms. The number of rotatable bonds is 5. The molecule has 18 heavy (non-hydrogen) atoms. The van der Waals surface area contributed by atoms with Gasteiger partial charge in [-0.2, -0.15) is 4.98 Å². The zero-order valence-electron chi connectivity index (χ0n) is 11.1. The largest absolute Gasteiger partial charge is 0.338 e. The van der Waals surface area contributed by atoms with E-state index in [1.807, 2.05) is 25.1 Å². The van der Waals surface area contributed by atoms with Gasteiger partial charge in [-0.1, -0.05) is 49.3 Å². The monoisotopic (exact) mass is 245 g/mol. The van der Waals surface area contributed by atoms with Crippen molar-refractivity contribution in [1.29, 1.82) is 0 Å². The number of benzene rings is 1. The lowest BCUT2D eigenvalue weighted by atomic mass is 10.1. The van der Waals surface area contributed by atoms with Gasteiger partial charge in [-0.25, -0.2) is 0 Å². The van der Waals surface area contributed by atoms with Crippen molar-refractivity contribution in [3.8, 4) is 0 Å². The highest BCUT2D eigenvalue weighted by atomic mass is 16.5. The van der Waals surface area contributed by atoms with E-state index < -0.39 is 0 Å². The van der Waals surface area contributed by atoms with Gasteiger partial charge < -0.3 is 9.84 Å². The quantitative estimate of drug-likeness (QED) is 0.880. The minimum absolute atomic E-state index is 0.0852. The first kappa shape index (κ1) is 12.8. The van der Waals surface area contributed by atoms with Gasteiger partial charge in [-0.05, 0) is 12.5 Å². The molecule has 0 radical (unpaired) electrons. The zero-order chi connectivity index (χ0) is 13.0. The summed E-state index contributed by atoms with van der Waals surface area (Å²) in [5.74, 6) is 1.38. The van der Waals surface area contributed by atoms with Crippen molar-refractivity contribution in [2.24, 2.45) is 0 Å². The lowest BCUT2D eigenvalue weighted by Crippen LogP contribution is -2.26. The lowest BCUT2D eigenvalue weighted by molar-refractivity contribution is 0.328. The van der Waals surface area contributed by atoms with Crippen molar-refractivity contribution in [2.75, 3.05) is 0 Å². The van der Waals surface area contributed by atoms with Gasteiger partial charge in [-0.15, -0.1) is 0 Å². The Hall–Kier alpha value is -1.68. The van der Waals surface area contributed by atoms with Gasteiger partial charge in [0, 0.05) is 12.5 Å². The summed E-state index contributed by atoms with van der Waals surface area (Å²) in [5, 5.41) is 7.35. The predicted octanol–water partition coefficient (Wildman–Crippen LogP) is 2.72. The molecule has 1 aromatic heterocycles. The van der Waals surface area contributed by atoms with E-state index in [1.54, 1.807) is 0 Å². The molecule has 0 fully saturated rings. The second kappa shape index (κ2) is 5.78. The lowest BCUT2D eigenvalue weighted by Gasteiger charge is -2.11. The Kier molecular flexibility index (Phi) is 4.10. The molecule has 1 heterocycles. The highest BCUT2D eigenvalue weighted by Crippen LogP contribution is 2.12. The van der Waals surface area contributed by atoms with Crippen LogP contribution in [0.25, 0.3) is 0 Å². The highest BCUT2D eigenvalue weighted by molar-refractivity contribution is 5.18. The maximum absolute atomic E-state index is 5.28. The maximum atomic E-state index is 5.28. The second-order valence-corrected chi connectivity index (χ2v) is 4.75. The van der Waals surface area contributed by atoms with Crippen LogP contribution in [0.5, 0.6) is 0 Å². The molecule has 1 unspecified atom stereocenters. The molecule has 4 nitrogen and oxygen atoms in total. The fourth-order valence-corrected chi connectivity index (χ4v) is 1.86. The first-order valence-electron chi connectivity index (χ1n) is 6.27. The molecule has 1 N–H and O–H groups in total. The van der Waals surface area contributed by atoms with Gasteiger partial charge in [0.25, 0.3) is 0 Å². The highest BCUT2D eigenvalue weighted by Gasteiger charge is 2.14. The standard InChI is InChI=1S/C14H19N3O/c1-10(2)15-11(3)14-16-13(17-18-14)9-12-7-5-4-6-8-12/h4-8,10-11,15H,9H2,1-3H3. The van der Waals surface area contributed by atoms with E-state index in [1.165, 1.54) is 5.56 Å². The molecule has 2 aromatic rings. The van der Waals surface area contributed by atoms with Crippen LogP contribution >= 0.6 is 0 Å². The number of hydrogen-bond acceptors (Lipinski definition) is 4. The molecule has 0 aliphatic heterocycles. The predicted molar refractivity (Wildman–Crippen MR) is 70.2 cm³/mol. The third-order valence-electron chi connectivity index (χ3n) is 2.64. The molecule has 0 saturated carbocycles. The Balaban J connectivity index is 2.02. The third-order valence-corrected chi connectivity index (χ3v) is 2.64. The normalized spacial score (nSPS) is 12.9. The van der Waals surface area contributed by atoms with Gasteiger partial charge in [0.15, 0.2) is 5.82 Å². The van der Waals surface area contributed by atoms with Crippen LogP contribution in [0.15, 0.2) is 34.9 Å². The van der Waals surface area contributed by atoms with Crippen molar-refractivity contribution in [3.05, 3.63) is 47.6 Å². The SMILES string of the molecule is CC(C)NC(C)c1nc(Cc2ccccc2)no1. The van der Waals surface area contributed by atoms with E-state index in [4.69, 9.17) is 4.52 Å². The molecular formula is C14H19N3O. The fraction of sp³-hybridized carbons (Fsp3) is 0.429. The van der Waals surface area contributed by atoms with Crippen LogP contribution in [0.1, 0.15) is 44.1 Å². The molecule has 0 amide bonds. The van der Waals surface area contributed by atoms with Crippen LogP contribution in [0.4, 0.5) is 0 Å². The van der Waals surface area contributed by atoms with Gasteiger partial charge in [0.1, 0.15) is 0 Å². The molecule has 1 atom stereocenters. The summed E-state index contributed by atoms with van der Waals surface area (Å²) >= 11 is 0. The van der Waals surface area contributed by atoms with E-state index in [0.717, 1.165) is 5.82 Å². The minimum Gasteiger partial charge on any atom is -0.338 e. The van der Waals surface area contributed by atoms with Crippen molar-refractivity contribution in [3.63, 3.8) is 0 Å². The molecular weight excluding hydrogens is 226 g/mol. The summed E-state index contributed by atoms with van der Waals surface area (Å²) < 4.78 is 5.28. The van der Waals surface area contributed by atoms with E-state index >= 15 is 0 Å². The average molecular weight is 245 g/mol. The van der Waals surface area contributed by atoms with Crippen LogP contribution in [0, 0.1) is 0 Å². The maximum Gasteiger partial charge on any atom is 0.243 e. The first-order valence-corrected chi connectivity index (χ1v) is 6.27. The van der Waals surface area contributed by atoms with Crippen LogP contribution in [0.3, 0.4) is 0 Å². The Morgan fingerprint density at radius 1 is 1.17 bits per heavy atom. The van der Waals surface area contributed by atoms with Crippen molar-refractivity contribution < 1.29 is 4.52 Å². The average Bonchev–Trinajstić information content (AvgIpc) is 2.78. The van der Waals surface area contributed by atoms with Gasteiger partial charge in [0.05, 0.1) is 6.04 Å². The summed E-state index contributed by atoms with van der Waals surface area (Å²) in [6, 6.07) is 10.6. The summed E-state index contributed by atoms with van der Waals surface area (Å²) in [6.45, 7) is 6.22. The van der Waals surface area contributed by atoms with Crippen molar-refractivity contribution in [1.82, 2.24) is 15.5 Å². The Bertz CT molecular complexity index is 479. The van der Waals surface area contributed by atoms with Crippen molar-refractivity contribution in [2.45, 2.75) is 39.3 Å². The summed E-state index contributed by atoms with van der Waals surface area (Å²) in [4.78, 5) is 4.42. The van der Waals surface area contributed by atoms with Crippen LogP contribution in [-0.2, 0) is 6.42 Å². The van der Waals surface area contributed by atoms with E-state index in [-0.39, 0.29) is 6.04 Å². The molecule has 0 aliphatic rings. The Morgan fingerprint density at radius 3 is 2.56 bits per heavy atom. The van der Waals surface area contributed by atoms with E-state index in [2.05, 4.69) is 41.4 Å². The van der Waals surface area contributed by atoms with Crippen LogP contribution < -0.4 is 5.32 Å². The topological polar surface area (TPSA) is 51.0 Å². The van der Waals surface area contributed by atoms with Gasteiger partial charge >= 0.3 is 0 Å². The summed E-state index contributed by atoms with van der Waals surface area (Å²) in [7, 11) is 0. The number of hydrogen-bond donors (Lipinski definition) is 1. The first-order chi connectivity index (χ1) is 8.65. The molecule has 0 saturated heterocycles. The number of nitrogens with zero attached hydrogens (tertiary/aromatic N) is 2. The number of aromatic nitrogens is 2. The summed E-state index contributed by atoms with van der Waals surface area (Å²) in [6.07, 6.45) is 0.707. The molecule has 0 aliphatic carbocycles. The van der Waals surface area contributed by atoms with Gasteiger partial charge in [0.2, 0.25) is 5.89 Å². The minimum atomic E-state index is 0.0852. The molecule has 2 rings (SSSR count). The fourth-order valence-electron chi connectivity index (χ4n) is 1.86. The molecule has 1 aromatic carbocycles. The molecule has 4 heteroatoms. The van der Waals surface area contributed by atoms with Crippen molar-refractivity contribution >= 4 is 0 Å². The van der Waals surface area contributed by atoms with E-state index in [0.29, 0.717) is 18.4 Å². The number of nitrogens with one attached hydrogen (secondary N) is 1. The Morgan fingerprint density at radius 2 is 1.89 bits per heavy atom. The zero-order valence-corrected chi connectivity index (χ0v) is 11.1. The smallest absolute Gasteiger partial charge is 0.243 e. The molecule has 0 bridgehead atoms. The van der Waals surface area contributed by atoms with Crippen LogP contribution in [0.2, 0.25) is 0 Å². The Labute approximate surface area is 107 Å². The van der Waals surface area contributed by atoms with Crippen LogP contribution in [-0.4, -0.2) is 16.2 Å². The summed E-state index contributed by atoms with van der Waals surface area (Å²) in [5.41, 5.74) is 1.19. The third kappa shape index (κ3) is 3.40. The van der Waals surface area contributed by atoms with Gasteiger partial charge in [-0.3, -0.25) is 0 Å². The molecule has 96 valence electrons.